The summed E-state index contributed by atoms with van der Waals surface area (Å²) in [5, 5.41) is 9.90. The molecular formula is C36H33NO2. The largest absolute Gasteiger partial charge is 0.508 e. The van der Waals surface area contributed by atoms with E-state index in [9.17, 15) is 5.11 Å². The number of nitrogens with zero attached hydrogens (tertiary/aromatic N) is 1. The number of hydrogen-bond donors (Lipinski definition) is 1. The number of benzene rings is 4. The van der Waals surface area contributed by atoms with E-state index in [1.807, 2.05) is 31.2 Å². The minimum Gasteiger partial charge on any atom is -0.508 e. The Morgan fingerprint density at radius 2 is 1.44 bits per heavy atom. The van der Waals surface area contributed by atoms with Crippen molar-refractivity contribution < 1.29 is 9.84 Å². The highest BCUT2D eigenvalue weighted by Crippen LogP contribution is 2.36. The van der Waals surface area contributed by atoms with Crippen molar-refractivity contribution in [2.45, 2.75) is 20.3 Å². The highest BCUT2D eigenvalue weighted by Gasteiger charge is 2.14. The molecule has 4 aromatic carbocycles. The topological polar surface area (TPSA) is 32.7 Å². The first-order valence-electron chi connectivity index (χ1n) is 13.3. The molecular weight excluding hydrogens is 478 g/mol. The Kier molecular flexibility index (Phi) is 8.09. The van der Waals surface area contributed by atoms with Crippen LogP contribution >= 0.6 is 0 Å². The maximum atomic E-state index is 9.90. The number of rotatable bonds is 6. The number of anilines is 3. The first kappa shape index (κ1) is 25.9. The Bertz CT molecular complexity index is 1520. The molecule has 194 valence electrons. The lowest BCUT2D eigenvalue weighted by molar-refractivity contribution is 0.366. The quantitative estimate of drug-likeness (QED) is 0.262. The molecule has 0 fully saturated rings. The molecule has 0 amide bonds. The van der Waals surface area contributed by atoms with Gasteiger partial charge in [-0.05, 0) is 103 Å². The Balaban J connectivity index is 1.46. The SMILES string of the molecule is C/C=C\C(=C/C)c1ccc(N(c2ccc(O)cc2)c2ccc(/C3=C/C=C\Cc4ccccc4OC3)cc2)cc1. The lowest BCUT2D eigenvalue weighted by atomic mass is 10.0. The molecule has 0 radical (unpaired) electrons. The molecule has 0 saturated carbocycles. The third kappa shape index (κ3) is 6.05. The number of aromatic hydroxyl groups is 1. The lowest BCUT2D eigenvalue weighted by Gasteiger charge is -2.26. The summed E-state index contributed by atoms with van der Waals surface area (Å²) in [4.78, 5) is 2.20. The fourth-order valence-corrected chi connectivity index (χ4v) is 4.79. The van der Waals surface area contributed by atoms with Crippen LogP contribution in [0.15, 0.2) is 134 Å². The molecule has 0 atom stereocenters. The second kappa shape index (κ2) is 12.2. The standard InChI is InChI=1S/C36H33NO2/c1-3-9-27(4-2)28-14-18-32(19-15-28)37(34-22-24-35(38)25-23-34)33-20-16-29(17-21-33)31-12-6-5-10-30-11-7-8-13-36(30)39-26-31/h3-9,11-25,38H,10,26H2,1-2H3/b6-5-,9-3-,27-4+,31-12+. The zero-order valence-electron chi connectivity index (χ0n) is 22.4. The van der Waals surface area contributed by atoms with Gasteiger partial charge in [-0.25, -0.2) is 0 Å². The molecule has 3 heteroatoms. The maximum Gasteiger partial charge on any atom is 0.123 e. The van der Waals surface area contributed by atoms with E-state index in [2.05, 4.69) is 109 Å². The number of hydrogen-bond acceptors (Lipinski definition) is 3. The van der Waals surface area contributed by atoms with E-state index >= 15 is 0 Å². The van der Waals surface area contributed by atoms with Gasteiger partial charge >= 0.3 is 0 Å². The Hall–Kier alpha value is -4.76. The van der Waals surface area contributed by atoms with Gasteiger partial charge in [0, 0.05) is 17.1 Å². The van der Waals surface area contributed by atoms with E-state index in [1.54, 1.807) is 12.1 Å². The van der Waals surface area contributed by atoms with Crippen LogP contribution in [0, 0.1) is 0 Å². The molecule has 0 saturated heterocycles. The number of fused-ring (bicyclic) bond motifs is 1. The van der Waals surface area contributed by atoms with Gasteiger partial charge in [0.05, 0.1) is 0 Å². The van der Waals surface area contributed by atoms with Crippen molar-refractivity contribution in [3.8, 4) is 11.5 Å². The van der Waals surface area contributed by atoms with Crippen molar-refractivity contribution in [1.82, 2.24) is 0 Å². The van der Waals surface area contributed by atoms with Gasteiger partial charge in [-0.2, -0.15) is 0 Å². The van der Waals surface area contributed by atoms with E-state index in [4.69, 9.17) is 4.74 Å². The molecule has 0 spiro atoms. The van der Waals surface area contributed by atoms with Crippen molar-refractivity contribution >= 4 is 28.2 Å². The van der Waals surface area contributed by atoms with E-state index in [0.717, 1.165) is 40.4 Å². The summed E-state index contributed by atoms with van der Waals surface area (Å²) >= 11 is 0. The minimum absolute atomic E-state index is 0.246. The van der Waals surface area contributed by atoms with Gasteiger partial charge in [0.15, 0.2) is 0 Å². The molecule has 0 aromatic heterocycles. The molecule has 1 aliphatic heterocycles. The van der Waals surface area contributed by atoms with Gasteiger partial charge in [-0.3, -0.25) is 0 Å². The maximum absolute atomic E-state index is 9.90. The van der Waals surface area contributed by atoms with Crippen molar-refractivity contribution in [3.05, 3.63) is 150 Å². The molecule has 1 aliphatic rings. The van der Waals surface area contributed by atoms with Crippen LogP contribution in [0.2, 0.25) is 0 Å². The first-order valence-corrected chi connectivity index (χ1v) is 13.3. The van der Waals surface area contributed by atoms with E-state index in [-0.39, 0.29) is 5.75 Å². The number of phenols is 1. The van der Waals surface area contributed by atoms with Gasteiger partial charge in [0.25, 0.3) is 0 Å². The summed E-state index contributed by atoms with van der Waals surface area (Å²) in [6.45, 7) is 4.59. The van der Waals surface area contributed by atoms with Crippen LogP contribution in [-0.2, 0) is 6.42 Å². The summed E-state index contributed by atoms with van der Waals surface area (Å²) in [5.41, 5.74) is 8.83. The fourth-order valence-electron chi connectivity index (χ4n) is 4.79. The normalized spacial score (nSPS) is 15.7. The average Bonchev–Trinajstić information content (AvgIpc) is 3.08. The monoisotopic (exact) mass is 511 g/mol. The summed E-state index contributed by atoms with van der Waals surface area (Å²) in [6.07, 6.45) is 13.6. The van der Waals surface area contributed by atoms with E-state index < -0.39 is 0 Å². The predicted octanol–water partition coefficient (Wildman–Crippen LogP) is 9.42. The van der Waals surface area contributed by atoms with Crippen LogP contribution in [0.5, 0.6) is 11.5 Å². The summed E-state index contributed by atoms with van der Waals surface area (Å²) < 4.78 is 6.21. The van der Waals surface area contributed by atoms with Gasteiger partial charge < -0.3 is 14.7 Å². The Labute approximate surface area is 231 Å². The van der Waals surface area contributed by atoms with Gasteiger partial charge in [-0.15, -0.1) is 0 Å². The van der Waals surface area contributed by atoms with Crippen molar-refractivity contribution in [3.63, 3.8) is 0 Å². The van der Waals surface area contributed by atoms with Crippen molar-refractivity contribution in [2.24, 2.45) is 0 Å². The van der Waals surface area contributed by atoms with Crippen LogP contribution in [-0.4, -0.2) is 11.7 Å². The molecule has 1 N–H and O–H groups in total. The van der Waals surface area contributed by atoms with E-state index in [1.165, 1.54) is 16.7 Å². The second-order valence-electron chi connectivity index (χ2n) is 9.41. The summed E-state index contributed by atoms with van der Waals surface area (Å²) in [6, 6.07) is 32.7. The van der Waals surface area contributed by atoms with E-state index in [0.29, 0.717) is 6.61 Å². The molecule has 4 aromatic rings. The first-order chi connectivity index (χ1) is 19.2. The molecule has 0 unspecified atom stereocenters. The zero-order chi connectivity index (χ0) is 27.0. The van der Waals surface area contributed by atoms with Crippen molar-refractivity contribution in [2.75, 3.05) is 11.5 Å². The number of para-hydroxylation sites is 1. The summed E-state index contributed by atoms with van der Waals surface area (Å²) in [5.74, 6) is 1.18. The number of ether oxygens (including phenoxy) is 1. The molecule has 5 rings (SSSR count). The second-order valence-corrected chi connectivity index (χ2v) is 9.41. The minimum atomic E-state index is 0.246. The molecule has 39 heavy (non-hydrogen) atoms. The van der Waals surface area contributed by atoms with Crippen LogP contribution < -0.4 is 9.64 Å². The highest BCUT2D eigenvalue weighted by molar-refractivity contribution is 5.81. The Morgan fingerprint density at radius 3 is 2.10 bits per heavy atom. The zero-order valence-corrected chi connectivity index (χ0v) is 22.4. The number of allylic oxidation sites excluding steroid dienone is 7. The van der Waals surface area contributed by atoms with Crippen molar-refractivity contribution in [1.29, 1.82) is 0 Å². The van der Waals surface area contributed by atoms with Gasteiger partial charge in [0.2, 0.25) is 0 Å². The van der Waals surface area contributed by atoms with Gasteiger partial charge in [-0.1, -0.05) is 78.9 Å². The van der Waals surface area contributed by atoms with Crippen LogP contribution in [0.25, 0.3) is 11.1 Å². The number of phenolic OH excluding ortho intramolecular Hbond substituents is 1. The average molecular weight is 512 g/mol. The van der Waals surface area contributed by atoms with Crippen LogP contribution in [0.1, 0.15) is 30.5 Å². The van der Waals surface area contributed by atoms with Crippen LogP contribution in [0.3, 0.4) is 0 Å². The lowest BCUT2D eigenvalue weighted by Crippen LogP contribution is -2.10. The predicted molar refractivity (Wildman–Crippen MR) is 164 cm³/mol. The Morgan fingerprint density at radius 1 is 0.795 bits per heavy atom. The highest BCUT2D eigenvalue weighted by atomic mass is 16.5. The summed E-state index contributed by atoms with van der Waals surface area (Å²) in [7, 11) is 0. The third-order valence-corrected chi connectivity index (χ3v) is 6.85. The molecule has 0 bridgehead atoms. The molecule has 0 aliphatic carbocycles. The van der Waals surface area contributed by atoms with Gasteiger partial charge in [0.1, 0.15) is 18.1 Å². The molecule has 1 heterocycles. The molecule has 3 nitrogen and oxygen atoms in total. The fraction of sp³-hybridized carbons (Fsp3) is 0.111. The van der Waals surface area contributed by atoms with Crippen LogP contribution in [0.4, 0.5) is 17.1 Å². The third-order valence-electron chi connectivity index (χ3n) is 6.85. The smallest absolute Gasteiger partial charge is 0.123 e.